The van der Waals surface area contributed by atoms with E-state index < -0.39 is 23.3 Å². The van der Waals surface area contributed by atoms with E-state index in [4.69, 9.17) is 11.6 Å². The van der Waals surface area contributed by atoms with Crippen LogP contribution in [0.4, 0.5) is 13.2 Å². The van der Waals surface area contributed by atoms with Crippen molar-refractivity contribution in [1.82, 2.24) is 20.1 Å². The molecule has 0 fully saturated rings. The number of nitrogens with zero attached hydrogens (tertiary/aromatic N) is 3. The number of hydrogen-bond donors (Lipinski definition) is 1. The molecular formula is C13H12ClF3N4O. The SMILES string of the molecule is CC(C)NC(=O)c1cnn(-c2ncccc2Cl)c1C(F)(F)F. The minimum Gasteiger partial charge on any atom is -0.350 e. The van der Waals surface area contributed by atoms with Gasteiger partial charge in [-0.3, -0.25) is 4.79 Å². The number of nitrogens with one attached hydrogen (secondary N) is 1. The number of hydrogen-bond acceptors (Lipinski definition) is 3. The zero-order valence-electron chi connectivity index (χ0n) is 11.6. The van der Waals surface area contributed by atoms with Crippen molar-refractivity contribution >= 4 is 17.5 Å². The highest BCUT2D eigenvalue weighted by Gasteiger charge is 2.41. The molecule has 1 amide bonds. The van der Waals surface area contributed by atoms with Crippen LogP contribution >= 0.6 is 11.6 Å². The van der Waals surface area contributed by atoms with Crippen LogP contribution in [-0.4, -0.2) is 26.7 Å². The number of carbonyl (C=O) groups is 1. The van der Waals surface area contributed by atoms with Crippen molar-refractivity contribution in [2.24, 2.45) is 0 Å². The van der Waals surface area contributed by atoms with Gasteiger partial charge < -0.3 is 5.32 Å². The van der Waals surface area contributed by atoms with Crippen molar-refractivity contribution in [3.63, 3.8) is 0 Å². The van der Waals surface area contributed by atoms with Gasteiger partial charge in [0.2, 0.25) is 0 Å². The Morgan fingerprint density at radius 3 is 2.64 bits per heavy atom. The Kier molecular flexibility index (Phi) is 4.41. The molecule has 118 valence electrons. The summed E-state index contributed by atoms with van der Waals surface area (Å²) in [6.07, 6.45) is -2.65. The first-order chi connectivity index (χ1) is 10.2. The smallest absolute Gasteiger partial charge is 0.350 e. The summed E-state index contributed by atoms with van der Waals surface area (Å²) in [5.74, 6) is -1.05. The maximum Gasteiger partial charge on any atom is 0.434 e. The summed E-state index contributed by atoms with van der Waals surface area (Å²) in [5.41, 5.74) is -1.80. The Morgan fingerprint density at radius 1 is 1.41 bits per heavy atom. The number of rotatable bonds is 3. The molecule has 9 heteroatoms. The molecule has 0 aromatic carbocycles. The maximum absolute atomic E-state index is 13.3. The van der Waals surface area contributed by atoms with Gasteiger partial charge in [-0.15, -0.1) is 0 Å². The number of amides is 1. The molecule has 22 heavy (non-hydrogen) atoms. The van der Waals surface area contributed by atoms with E-state index in [1.807, 2.05) is 0 Å². The first kappa shape index (κ1) is 16.3. The van der Waals surface area contributed by atoms with Crippen molar-refractivity contribution in [3.8, 4) is 5.82 Å². The van der Waals surface area contributed by atoms with Gasteiger partial charge in [-0.25, -0.2) is 9.67 Å². The number of halogens is 4. The van der Waals surface area contributed by atoms with Crippen molar-refractivity contribution in [2.45, 2.75) is 26.1 Å². The van der Waals surface area contributed by atoms with E-state index in [-0.39, 0.29) is 16.9 Å². The molecule has 5 nitrogen and oxygen atoms in total. The standard InChI is InChI=1S/C13H12ClF3N4O/c1-7(2)20-12(22)8-6-19-21(10(8)13(15,16)17)11-9(14)4-3-5-18-11/h3-7H,1-2H3,(H,20,22). The van der Waals surface area contributed by atoms with Gasteiger partial charge in [0.05, 0.1) is 16.8 Å². The van der Waals surface area contributed by atoms with E-state index >= 15 is 0 Å². The van der Waals surface area contributed by atoms with Crippen LogP contribution in [0.3, 0.4) is 0 Å². The van der Waals surface area contributed by atoms with Gasteiger partial charge in [0.15, 0.2) is 11.5 Å². The molecule has 0 unspecified atom stereocenters. The third kappa shape index (κ3) is 3.22. The number of aromatic nitrogens is 3. The van der Waals surface area contributed by atoms with Gasteiger partial charge in [0.1, 0.15) is 0 Å². The molecule has 0 atom stereocenters. The highest BCUT2D eigenvalue weighted by molar-refractivity contribution is 6.32. The highest BCUT2D eigenvalue weighted by Crippen LogP contribution is 2.34. The third-order valence-electron chi connectivity index (χ3n) is 2.64. The summed E-state index contributed by atoms with van der Waals surface area (Å²) in [5, 5.41) is 6.03. The molecule has 0 saturated carbocycles. The van der Waals surface area contributed by atoms with Crippen LogP contribution in [0.2, 0.25) is 5.02 Å². The Bertz CT molecular complexity index is 697. The Balaban J connectivity index is 2.60. The summed E-state index contributed by atoms with van der Waals surface area (Å²) < 4.78 is 40.6. The highest BCUT2D eigenvalue weighted by atomic mass is 35.5. The third-order valence-corrected chi connectivity index (χ3v) is 2.94. The van der Waals surface area contributed by atoms with Gasteiger partial charge in [0.25, 0.3) is 5.91 Å². The van der Waals surface area contributed by atoms with Crippen LogP contribution in [0, 0.1) is 0 Å². The topological polar surface area (TPSA) is 59.8 Å². The average Bonchev–Trinajstić information content (AvgIpc) is 2.83. The lowest BCUT2D eigenvalue weighted by atomic mass is 10.2. The molecule has 0 aliphatic rings. The minimum absolute atomic E-state index is 0.00748. The van der Waals surface area contributed by atoms with Crippen LogP contribution in [0.25, 0.3) is 5.82 Å². The number of pyridine rings is 1. The molecule has 0 radical (unpaired) electrons. The Labute approximate surface area is 129 Å². The lowest BCUT2D eigenvalue weighted by Crippen LogP contribution is -2.31. The lowest BCUT2D eigenvalue weighted by Gasteiger charge is -2.13. The first-order valence-electron chi connectivity index (χ1n) is 6.28. The second kappa shape index (κ2) is 5.96. The van der Waals surface area contributed by atoms with Gasteiger partial charge in [-0.2, -0.15) is 18.3 Å². The predicted molar refractivity (Wildman–Crippen MR) is 74.0 cm³/mol. The fourth-order valence-electron chi connectivity index (χ4n) is 1.82. The van der Waals surface area contributed by atoms with E-state index in [0.717, 1.165) is 6.20 Å². The van der Waals surface area contributed by atoms with Crippen molar-refractivity contribution in [1.29, 1.82) is 0 Å². The second-order valence-corrected chi connectivity index (χ2v) is 5.16. The van der Waals surface area contributed by atoms with Crippen molar-refractivity contribution in [2.75, 3.05) is 0 Å². The summed E-state index contributed by atoms with van der Waals surface area (Å²) in [6.45, 7) is 3.29. The molecule has 0 aliphatic heterocycles. The molecule has 2 aromatic rings. The second-order valence-electron chi connectivity index (χ2n) is 4.75. The number of carbonyl (C=O) groups excluding carboxylic acids is 1. The van der Waals surface area contributed by atoms with E-state index in [0.29, 0.717) is 4.68 Å². The monoisotopic (exact) mass is 332 g/mol. The van der Waals surface area contributed by atoms with Crippen LogP contribution in [0.1, 0.15) is 29.9 Å². The van der Waals surface area contributed by atoms with E-state index in [1.54, 1.807) is 13.8 Å². The molecule has 2 rings (SSSR count). The normalized spacial score (nSPS) is 11.8. The zero-order valence-corrected chi connectivity index (χ0v) is 12.4. The van der Waals surface area contributed by atoms with Crippen LogP contribution in [-0.2, 0) is 6.18 Å². The minimum atomic E-state index is -4.79. The molecule has 0 spiro atoms. The molecular weight excluding hydrogens is 321 g/mol. The van der Waals surface area contributed by atoms with Crippen LogP contribution in [0.5, 0.6) is 0 Å². The zero-order chi connectivity index (χ0) is 16.5. The Morgan fingerprint density at radius 2 is 2.09 bits per heavy atom. The number of alkyl halides is 3. The van der Waals surface area contributed by atoms with Gasteiger partial charge >= 0.3 is 6.18 Å². The fraction of sp³-hybridized carbons (Fsp3) is 0.308. The summed E-state index contributed by atoms with van der Waals surface area (Å²) in [4.78, 5) is 15.7. The largest absolute Gasteiger partial charge is 0.434 e. The van der Waals surface area contributed by atoms with Crippen LogP contribution in [0.15, 0.2) is 24.5 Å². The van der Waals surface area contributed by atoms with Crippen LogP contribution < -0.4 is 5.32 Å². The van der Waals surface area contributed by atoms with Crippen molar-refractivity contribution < 1.29 is 18.0 Å². The molecule has 2 heterocycles. The van der Waals surface area contributed by atoms with E-state index in [1.165, 1.54) is 18.3 Å². The van der Waals surface area contributed by atoms with Gasteiger partial charge in [-0.05, 0) is 26.0 Å². The molecule has 0 bridgehead atoms. The molecule has 2 aromatic heterocycles. The quantitative estimate of drug-likeness (QED) is 0.939. The van der Waals surface area contributed by atoms with Gasteiger partial charge in [-0.1, -0.05) is 11.6 Å². The van der Waals surface area contributed by atoms with E-state index in [2.05, 4.69) is 15.4 Å². The summed E-state index contributed by atoms with van der Waals surface area (Å²) in [6, 6.07) is 2.56. The summed E-state index contributed by atoms with van der Waals surface area (Å²) in [7, 11) is 0. The van der Waals surface area contributed by atoms with E-state index in [9.17, 15) is 18.0 Å². The predicted octanol–water partition coefficient (Wildman–Crippen LogP) is 3.08. The lowest BCUT2D eigenvalue weighted by molar-refractivity contribution is -0.143. The first-order valence-corrected chi connectivity index (χ1v) is 6.66. The van der Waals surface area contributed by atoms with Crippen molar-refractivity contribution in [3.05, 3.63) is 40.8 Å². The van der Waals surface area contributed by atoms with Gasteiger partial charge in [0, 0.05) is 12.2 Å². The maximum atomic E-state index is 13.3. The summed E-state index contributed by atoms with van der Waals surface area (Å²) >= 11 is 5.86. The fourth-order valence-corrected chi connectivity index (χ4v) is 2.02. The average molecular weight is 333 g/mol. The Hall–Kier alpha value is -2.09. The molecule has 1 N–H and O–H groups in total. The molecule has 0 saturated heterocycles. The molecule has 0 aliphatic carbocycles.